The second kappa shape index (κ2) is 14.4. The van der Waals surface area contributed by atoms with Gasteiger partial charge in [0.1, 0.15) is 11.5 Å². The molecule has 0 aliphatic heterocycles. The molecule has 0 heterocycles. The summed E-state index contributed by atoms with van der Waals surface area (Å²) in [6.07, 6.45) is 7.99. The van der Waals surface area contributed by atoms with Gasteiger partial charge in [-0.15, -0.1) is 0 Å². The van der Waals surface area contributed by atoms with Crippen LogP contribution in [-0.4, -0.2) is 10.2 Å². The van der Waals surface area contributed by atoms with E-state index in [1.807, 2.05) is 48.6 Å². The van der Waals surface area contributed by atoms with Crippen LogP contribution in [0.4, 0.5) is 0 Å². The van der Waals surface area contributed by atoms with E-state index < -0.39 is 0 Å². The molecule has 0 fully saturated rings. The monoisotopic (exact) mass is 626 g/mol. The predicted octanol–water partition coefficient (Wildman–Crippen LogP) is 10.8. The molecule has 5 aromatic carbocycles. The second-order valence-electron chi connectivity index (χ2n) is 14.0. The molecular formula is C46H42O2. The maximum absolute atomic E-state index is 10.0. The van der Waals surface area contributed by atoms with E-state index in [1.54, 1.807) is 24.3 Å². The number of hydrogen-bond acceptors (Lipinski definition) is 2. The minimum atomic E-state index is 0.0675. The van der Waals surface area contributed by atoms with Crippen LogP contribution in [0.5, 0.6) is 11.5 Å². The van der Waals surface area contributed by atoms with Crippen molar-refractivity contribution >= 4 is 24.3 Å². The minimum Gasteiger partial charge on any atom is -0.508 e. The average Bonchev–Trinajstić information content (AvgIpc) is 3.04. The molecule has 0 aromatic heterocycles. The van der Waals surface area contributed by atoms with Gasteiger partial charge in [-0.3, -0.25) is 0 Å². The number of aromatic hydroxyl groups is 2. The van der Waals surface area contributed by atoms with E-state index in [1.165, 1.54) is 11.1 Å². The fourth-order valence-corrected chi connectivity index (χ4v) is 5.14. The normalized spacial score (nSPS) is 11.6. The summed E-state index contributed by atoms with van der Waals surface area (Å²) in [4.78, 5) is 0. The summed E-state index contributed by atoms with van der Waals surface area (Å²) in [5, 5.41) is 20.1. The maximum Gasteiger partial charge on any atom is 0.116 e. The Hall–Kier alpha value is -5.70. The third-order valence-corrected chi connectivity index (χ3v) is 8.06. The van der Waals surface area contributed by atoms with Gasteiger partial charge in [0.15, 0.2) is 0 Å². The summed E-state index contributed by atoms with van der Waals surface area (Å²) < 4.78 is 0. The van der Waals surface area contributed by atoms with Gasteiger partial charge in [0.05, 0.1) is 0 Å². The molecular weight excluding hydrogens is 585 g/mol. The average molecular weight is 627 g/mol. The Morgan fingerprint density at radius 2 is 0.812 bits per heavy atom. The molecule has 0 bridgehead atoms. The van der Waals surface area contributed by atoms with Crippen molar-refractivity contribution in [3.05, 3.63) is 165 Å². The van der Waals surface area contributed by atoms with Crippen molar-refractivity contribution in [1.82, 2.24) is 0 Å². The van der Waals surface area contributed by atoms with Crippen LogP contribution >= 0.6 is 0 Å². The fourth-order valence-electron chi connectivity index (χ4n) is 5.14. The third kappa shape index (κ3) is 9.19. The summed E-state index contributed by atoms with van der Waals surface area (Å²) in [5.74, 6) is 14.0. The zero-order valence-electron chi connectivity index (χ0n) is 28.6. The van der Waals surface area contributed by atoms with E-state index in [0.717, 1.165) is 44.5 Å². The molecule has 2 heteroatoms. The van der Waals surface area contributed by atoms with Crippen molar-refractivity contribution < 1.29 is 10.2 Å². The number of phenolic OH excluding ortho intramolecular Hbond substituents is 2. The van der Waals surface area contributed by atoms with Crippen LogP contribution in [-0.2, 0) is 10.8 Å². The molecule has 0 aliphatic rings. The quantitative estimate of drug-likeness (QED) is 0.154. The van der Waals surface area contributed by atoms with Gasteiger partial charge in [0.2, 0.25) is 0 Å². The van der Waals surface area contributed by atoms with Crippen molar-refractivity contribution in [2.45, 2.75) is 52.4 Å². The topological polar surface area (TPSA) is 40.5 Å². The lowest BCUT2D eigenvalue weighted by molar-refractivity contribution is 0.474. The first-order valence-electron chi connectivity index (χ1n) is 16.2. The lowest BCUT2D eigenvalue weighted by Crippen LogP contribution is -2.10. The largest absolute Gasteiger partial charge is 0.508 e. The zero-order valence-corrected chi connectivity index (χ0v) is 28.6. The summed E-state index contributed by atoms with van der Waals surface area (Å²) in [5.41, 5.74) is 9.82. The van der Waals surface area contributed by atoms with E-state index in [0.29, 0.717) is 0 Å². The molecule has 2 N–H and O–H groups in total. The smallest absolute Gasteiger partial charge is 0.116 e. The van der Waals surface area contributed by atoms with Crippen LogP contribution in [0, 0.1) is 23.7 Å². The molecule has 5 aromatic rings. The Balaban J connectivity index is 1.63. The number of hydrogen-bond donors (Lipinski definition) is 2. The Labute approximate surface area is 286 Å². The van der Waals surface area contributed by atoms with Crippen LogP contribution < -0.4 is 0 Å². The predicted molar refractivity (Wildman–Crippen MR) is 203 cm³/mol. The highest BCUT2D eigenvalue weighted by Gasteiger charge is 2.13. The first-order chi connectivity index (χ1) is 22.8. The van der Waals surface area contributed by atoms with Crippen molar-refractivity contribution in [1.29, 1.82) is 0 Å². The van der Waals surface area contributed by atoms with Gasteiger partial charge < -0.3 is 10.2 Å². The van der Waals surface area contributed by atoms with E-state index in [2.05, 4.69) is 126 Å². The van der Waals surface area contributed by atoms with Crippen LogP contribution in [0.25, 0.3) is 24.3 Å². The van der Waals surface area contributed by atoms with Crippen molar-refractivity contribution in [3.8, 4) is 35.2 Å². The number of rotatable bonds is 4. The summed E-state index contributed by atoms with van der Waals surface area (Å²) in [6, 6.07) is 35.3. The Morgan fingerprint density at radius 1 is 0.438 bits per heavy atom. The maximum atomic E-state index is 10.0. The molecule has 0 unspecified atom stereocenters. The molecule has 238 valence electrons. The van der Waals surface area contributed by atoms with Crippen LogP contribution in [0.3, 0.4) is 0 Å². The van der Waals surface area contributed by atoms with Crippen LogP contribution in [0.2, 0.25) is 0 Å². The first kappa shape index (κ1) is 33.7. The lowest BCUT2D eigenvalue weighted by atomic mass is 9.87. The SMILES string of the molecule is CC(C)(C)c1ccc(C#Cc2cc(/C=C/c3cccc(O)c3)c(C#Cc3ccc(C(C)(C)C)cc3)cc2/C=C/c2cccc(O)c2)cc1. The first-order valence-corrected chi connectivity index (χ1v) is 16.2. The molecule has 5 rings (SSSR count). The fraction of sp³-hybridized carbons (Fsp3) is 0.174. The van der Waals surface area contributed by atoms with E-state index in [9.17, 15) is 10.2 Å². The van der Waals surface area contributed by atoms with Gasteiger partial charge in [-0.2, -0.15) is 0 Å². The number of benzene rings is 5. The molecule has 0 spiro atoms. The van der Waals surface area contributed by atoms with Gasteiger partial charge in [0.25, 0.3) is 0 Å². The third-order valence-electron chi connectivity index (χ3n) is 8.06. The molecule has 0 aliphatic carbocycles. The molecule has 0 amide bonds. The Kier molecular flexibility index (Phi) is 10.1. The molecule has 2 nitrogen and oxygen atoms in total. The van der Waals surface area contributed by atoms with Gasteiger partial charge in [-0.25, -0.2) is 0 Å². The van der Waals surface area contributed by atoms with Crippen molar-refractivity contribution in [2.75, 3.05) is 0 Å². The standard InChI is InChI=1S/C46H42O2/c1-45(2,3)41-25-17-33(18-26-41)13-21-37-31-40(24-16-36-10-8-12-44(48)30-36)38(22-14-34-19-27-42(28-20-34)46(4,5)6)32-39(37)23-15-35-9-7-11-43(47)29-35/h7-12,15-20,23-32,47-48H,1-6H3/b23-15+,24-16+. The lowest BCUT2D eigenvalue weighted by Gasteiger charge is -2.18. The van der Waals surface area contributed by atoms with E-state index in [-0.39, 0.29) is 22.3 Å². The van der Waals surface area contributed by atoms with E-state index in [4.69, 9.17) is 0 Å². The Morgan fingerprint density at radius 3 is 1.15 bits per heavy atom. The van der Waals surface area contributed by atoms with Gasteiger partial charge in [-0.1, -0.05) is 138 Å². The summed E-state index contributed by atoms with van der Waals surface area (Å²) in [6.45, 7) is 13.2. The van der Waals surface area contributed by atoms with Gasteiger partial charge in [0, 0.05) is 22.3 Å². The molecule has 0 saturated carbocycles. The van der Waals surface area contributed by atoms with E-state index >= 15 is 0 Å². The number of phenols is 2. The highest BCUT2D eigenvalue weighted by Crippen LogP contribution is 2.25. The second-order valence-corrected chi connectivity index (χ2v) is 14.0. The summed E-state index contributed by atoms with van der Waals surface area (Å²) in [7, 11) is 0. The van der Waals surface area contributed by atoms with Crippen molar-refractivity contribution in [2.24, 2.45) is 0 Å². The van der Waals surface area contributed by atoms with Gasteiger partial charge in [-0.05, 0) is 105 Å². The Bertz CT molecular complexity index is 1930. The van der Waals surface area contributed by atoms with Crippen LogP contribution in [0.15, 0.2) is 109 Å². The molecule has 0 saturated heterocycles. The molecule has 0 atom stereocenters. The summed E-state index contributed by atoms with van der Waals surface area (Å²) >= 11 is 0. The highest BCUT2D eigenvalue weighted by molar-refractivity contribution is 5.80. The van der Waals surface area contributed by atoms with Crippen LogP contribution in [0.1, 0.15) is 97.2 Å². The van der Waals surface area contributed by atoms with Crippen molar-refractivity contribution in [3.63, 3.8) is 0 Å². The molecule has 0 radical (unpaired) electrons. The minimum absolute atomic E-state index is 0.0675. The highest BCUT2D eigenvalue weighted by atomic mass is 16.3. The zero-order chi connectivity index (χ0) is 34.3. The van der Waals surface area contributed by atoms with Gasteiger partial charge >= 0.3 is 0 Å². The molecule has 48 heavy (non-hydrogen) atoms.